The molecule has 36 heavy (non-hydrogen) atoms. The molecule has 2 aliphatic heterocycles. The Kier molecular flexibility index (Phi) is 5.21. The van der Waals surface area contributed by atoms with E-state index in [0.29, 0.717) is 29.4 Å². The number of benzene rings is 3. The van der Waals surface area contributed by atoms with Crippen molar-refractivity contribution in [3.63, 3.8) is 0 Å². The van der Waals surface area contributed by atoms with Crippen LogP contribution in [0.5, 0.6) is 17.2 Å². The molecule has 0 saturated heterocycles. The number of amides is 1. The molecule has 2 aliphatic rings. The van der Waals surface area contributed by atoms with Crippen LogP contribution in [0.2, 0.25) is 0 Å². The van der Waals surface area contributed by atoms with Gasteiger partial charge in [0.25, 0.3) is 5.91 Å². The second-order valence-corrected chi connectivity index (χ2v) is 8.51. The molecule has 180 valence electrons. The molecule has 0 radical (unpaired) electrons. The number of fused-ring (bicyclic) bond motifs is 3. The van der Waals surface area contributed by atoms with Gasteiger partial charge in [0.1, 0.15) is 23.8 Å². The van der Waals surface area contributed by atoms with Gasteiger partial charge in [0.2, 0.25) is 12.6 Å². The average molecular weight is 485 g/mol. The molecular weight excluding hydrogens is 465 g/mol. The van der Waals surface area contributed by atoms with E-state index in [0.717, 1.165) is 11.6 Å². The molecular formula is C28H20FNO6. The second-order valence-electron chi connectivity index (χ2n) is 8.51. The summed E-state index contributed by atoms with van der Waals surface area (Å²) in [5.74, 6) is 0.813. The molecule has 0 saturated carbocycles. The molecule has 1 amide bonds. The highest BCUT2D eigenvalue weighted by molar-refractivity contribution is 5.99. The lowest BCUT2D eigenvalue weighted by Gasteiger charge is -2.25. The molecule has 0 spiro atoms. The van der Waals surface area contributed by atoms with Crippen LogP contribution in [0.3, 0.4) is 0 Å². The maximum Gasteiger partial charge on any atom is 0.291 e. The van der Waals surface area contributed by atoms with Gasteiger partial charge in [-0.3, -0.25) is 9.59 Å². The number of nitrogens with zero attached hydrogens (tertiary/aromatic N) is 1. The van der Waals surface area contributed by atoms with Gasteiger partial charge >= 0.3 is 0 Å². The lowest BCUT2D eigenvalue weighted by atomic mass is 9.98. The summed E-state index contributed by atoms with van der Waals surface area (Å²) in [4.78, 5) is 28.8. The van der Waals surface area contributed by atoms with E-state index in [9.17, 15) is 14.0 Å². The standard InChI is InChI=1S/C28H20FNO6/c1-2-11-33-19-7-4-17(5-8-19)25-24-26(31)20-13-18(29)6-10-21(20)36-27(24)28(32)30(25)14-16-3-9-22-23(12-16)35-15-34-22/h2-10,12-13,25H,1,11,14-15H2/t25-/m1/s1. The van der Waals surface area contributed by atoms with Crippen LogP contribution in [0.1, 0.15) is 33.3 Å². The molecule has 1 atom stereocenters. The topological polar surface area (TPSA) is 78.2 Å². The molecule has 4 aromatic rings. The van der Waals surface area contributed by atoms with Crippen molar-refractivity contribution in [2.75, 3.05) is 13.4 Å². The minimum absolute atomic E-state index is 0.0446. The highest BCUT2D eigenvalue weighted by atomic mass is 19.1. The summed E-state index contributed by atoms with van der Waals surface area (Å²) >= 11 is 0. The Balaban J connectivity index is 1.47. The zero-order valence-corrected chi connectivity index (χ0v) is 19.0. The summed E-state index contributed by atoms with van der Waals surface area (Å²) in [5.41, 5.74) is 1.38. The van der Waals surface area contributed by atoms with Gasteiger partial charge in [-0.2, -0.15) is 0 Å². The van der Waals surface area contributed by atoms with E-state index >= 15 is 0 Å². The summed E-state index contributed by atoms with van der Waals surface area (Å²) in [7, 11) is 0. The predicted molar refractivity (Wildman–Crippen MR) is 129 cm³/mol. The van der Waals surface area contributed by atoms with Crippen molar-refractivity contribution >= 4 is 16.9 Å². The minimum atomic E-state index is -0.740. The van der Waals surface area contributed by atoms with Gasteiger partial charge in [-0.25, -0.2) is 4.39 Å². The average Bonchev–Trinajstić information content (AvgIpc) is 3.46. The third-order valence-corrected chi connectivity index (χ3v) is 6.28. The van der Waals surface area contributed by atoms with Gasteiger partial charge in [-0.15, -0.1) is 0 Å². The van der Waals surface area contributed by atoms with Crippen LogP contribution in [0, 0.1) is 5.82 Å². The van der Waals surface area contributed by atoms with E-state index < -0.39 is 23.2 Å². The van der Waals surface area contributed by atoms with Gasteiger partial charge in [0.15, 0.2) is 16.9 Å². The molecule has 3 aromatic carbocycles. The second kappa shape index (κ2) is 8.57. The number of hydrogen-bond donors (Lipinski definition) is 0. The molecule has 0 aliphatic carbocycles. The van der Waals surface area contributed by atoms with E-state index in [-0.39, 0.29) is 35.6 Å². The van der Waals surface area contributed by atoms with E-state index in [1.807, 2.05) is 12.1 Å². The van der Waals surface area contributed by atoms with Crippen molar-refractivity contribution in [1.82, 2.24) is 4.90 Å². The molecule has 0 N–H and O–H groups in total. The highest BCUT2D eigenvalue weighted by Crippen LogP contribution is 2.40. The Labute approximate surface area is 204 Å². The fourth-order valence-electron chi connectivity index (χ4n) is 4.64. The van der Waals surface area contributed by atoms with Crippen molar-refractivity contribution in [3.8, 4) is 17.2 Å². The van der Waals surface area contributed by atoms with Crippen LogP contribution >= 0.6 is 0 Å². The van der Waals surface area contributed by atoms with Crippen molar-refractivity contribution in [3.05, 3.63) is 112 Å². The van der Waals surface area contributed by atoms with Crippen LogP contribution in [-0.2, 0) is 6.54 Å². The molecule has 3 heterocycles. The van der Waals surface area contributed by atoms with Crippen LogP contribution < -0.4 is 19.6 Å². The Hall–Kier alpha value is -4.59. The maximum atomic E-state index is 14.0. The number of halogens is 1. The first-order chi connectivity index (χ1) is 17.5. The van der Waals surface area contributed by atoms with Crippen molar-refractivity contribution in [1.29, 1.82) is 0 Å². The lowest BCUT2D eigenvalue weighted by molar-refractivity contribution is 0.0714. The van der Waals surface area contributed by atoms with E-state index in [2.05, 4.69) is 6.58 Å². The summed E-state index contributed by atoms with van der Waals surface area (Å²) in [6.45, 7) is 4.31. The first-order valence-electron chi connectivity index (χ1n) is 11.3. The SMILES string of the molecule is C=CCOc1ccc([C@@H]2c3c(oc4ccc(F)cc4c3=O)C(=O)N2Cc2ccc3c(c2)OCO3)cc1. The number of rotatable bonds is 6. The van der Waals surface area contributed by atoms with E-state index in [1.165, 1.54) is 12.1 Å². The zero-order valence-electron chi connectivity index (χ0n) is 19.0. The summed E-state index contributed by atoms with van der Waals surface area (Å²) in [6, 6.07) is 15.5. The van der Waals surface area contributed by atoms with Crippen molar-refractivity contribution in [2.24, 2.45) is 0 Å². The van der Waals surface area contributed by atoms with Crippen molar-refractivity contribution in [2.45, 2.75) is 12.6 Å². The Morgan fingerprint density at radius 3 is 2.64 bits per heavy atom. The molecule has 0 bridgehead atoms. The molecule has 7 nitrogen and oxygen atoms in total. The predicted octanol–water partition coefficient (Wildman–Crippen LogP) is 4.97. The van der Waals surface area contributed by atoms with Gasteiger partial charge in [-0.05, 0) is 53.6 Å². The third kappa shape index (κ3) is 3.58. The highest BCUT2D eigenvalue weighted by Gasteiger charge is 2.42. The molecule has 0 fully saturated rings. The quantitative estimate of drug-likeness (QED) is 0.359. The first-order valence-corrected chi connectivity index (χ1v) is 11.3. The number of carbonyl (C=O) groups excluding carboxylic acids is 1. The normalized spacial score (nSPS) is 15.9. The van der Waals surface area contributed by atoms with Gasteiger partial charge in [-0.1, -0.05) is 30.9 Å². The summed E-state index contributed by atoms with van der Waals surface area (Å²) in [5, 5.41) is 0.0856. The van der Waals surface area contributed by atoms with Crippen LogP contribution in [0.25, 0.3) is 11.0 Å². The Morgan fingerprint density at radius 1 is 1.03 bits per heavy atom. The van der Waals surface area contributed by atoms with Crippen molar-refractivity contribution < 1.29 is 27.8 Å². The van der Waals surface area contributed by atoms with Gasteiger partial charge in [0.05, 0.1) is 17.0 Å². The first kappa shape index (κ1) is 21.9. The van der Waals surface area contributed by atoms with Crippen LogP contribution in [0.15, 0.2) is 82.5 Å². The molecule has 8 heteroatoms. The zero-order chi connectivity index (χ0) is 24.8. The molecule has 6 rings (SSSR count). The largest absolute Gasteiger partial charge is 0.490 e. The Bertz CT molecular complexity index is 1580. The smallest absolute Gasteiger partial charge is 0.291 e. The number of ether oxygens (including phenoxy) is 3. The van der Waals surface area contributed by atoms with E-state index in [4.69, 9.17) is 18.6 Å². The summed E-state index contributed by atoms with van der Waals surface area (Å²) in [6.07, 6.45) is 1.64. The fourth-order valence-corrected chi connectivity index (χ4v) is 4.64. The number of carbonyl (C=O) groups is 1. The van der Waals surface area contributed by atoms with Crippen LogP contribution in [-0.4, -0.2) is 24.2 Å². The van der Waals surface area contributed by atoms with Gasteiger partial charge < -0.3 is 23.5 Å². The molecule has 1 aromatic heterocycles. The number of hydrogen-bond acceptors (Lipinski definition) is 6. The minimum Gasteiger partial charge on any atom is -0.490 e. The maximum absolute atomic E-state index is 14.0. The third-order valence-electron chi connectivity index (χ3n) is 6.28. The lowest BCUT2D eigenvalue weighted by Crippen LogP contribution is -2.29. The monoisotopic (exact) mass is 485 g/mol. The Morgan fingerprint density at radius 2 is 1.83 bits per heavy atom. The van der Waals surface area contributed by atoms with Crippen LogP contribution in [0.4, 0.5) is 4.39 Å². The van der Waals surface area contributed by atoms with E-state index in [1.54, 1.807) is 41.3 Å². The summed E-state index contributed by atoms with van der Waals surface area (Å²) < 4.78 is 36.3. The fraction of sp³-hybridized carbons (Fsp3) is 0.143. The van der Waals surface area contributed by atoms with Gasteiger partial charge in [0, 0.05) is 6.54 Å². The molecule has 0 unspecified atom stereocenters.